The van der Waals surface area contributed by atoms with Crippen LogP contribution in [0.4, 0.5) is 11.4 Å². The minimum Gasteiger partial charge on any atom is -0.494 e. The number of nitrogens with zero attached hydrogens (tertiary/aromatic N) is 2. The first-order valence-electron chi connectivity index (χ1n) is 6.91. The van der Waals surface area contributed by atoms with Gasteiger partial charge in [0.25, 0.3) is 5.69 Å². The van der Waals surface area contributed by atoms with Crippen molar-refractivity contribution in [3.63, 3.8) is 0 Å². The molecule has 2 aromatic rings. The number of nitriles is 1. The molecule has 23 heavy (non-hydrogen) atoms. The molecule has 0 amide bonds. The van der Waals surface area contributed by atoms with Crippen molar-refractivity contribution in [1.82, 2.24) is 0 Å². The standard InChI is InChI=1S/C16H14ClN3O3/c17-15-7-4-13(10-16(15)20(21)22)19-8-1-9-23-14-5-2-12(11-18)3-6-14/h2-7,10,19H,1,8-9H2. The maximum absolute atomic E-state index is 10.8. The quantitative estimate of drug-likeness (QED) is 0.470. The minimum absolute atomic E-state index is 0.115. The van der Waals surface area contributed by atoms with Gasteiger partial charge < -0.3 is 10.1 Å². The monoisotopic (exact) mass is 331 g/mol. The summed E-state index contributed by atoms with van der Waals surface area (Å²) >= 11 is 5.75. The number of benzene rings is 2. The molecule has 0 spiro atoms. The van der Waals surface area contributed by atoms with Crippen molar-refractivity contribution in [3.05, 3.63) is 63.2 Å². The summed E-state index contributed by atoms with van der Waals surface area (Å²) in [6, 6.07) is 13.5. The highest BCUT2D eigenvalue weighted by molar-refractivity contribution is 6.32. The lowest BCUT2D eigenvalue weighted by atomic mass is 10.2. The summed E-state index contributed by atoms with van der Waals surface area (Å²) in [6.45, 7) is 1.10. The van der Waals surface area contributed by atoms with Crippen LogP contribution in [0.3, 0.4) is 0 Å². The van der Waals surface area contributed by atoms with E-state index in [1.807, 2.05) is 6.07 Å². The van der Waals surface area contributed by atoms with Crippen molar-refractivity contribution in [2.75, 3.05) is 18.5 Å². The van der Waals surface area contributed by atoms with Crippen LogP contribution in [0.2, 0.25) is 5.02 Å². The van der Waals surface area contributed by atoms with E-state index >= 15 is 0 Å². The molecular formula is C16H14ClN3O3. The van der Waals surface area contributed by atoms with Crippen LogP contribution in [0.25, 0.3) is 0 Å². The van der Waals surface area contributed by atoms with Gasteiger partial charge in [-0.05, 0) is 42.8 Å². The van der Waals surface area contributed by atoms with Crippen LogP contribution in [0.1, 0.15) is 12.0 Å². The number of nitro groups is 1. The zero-order valence-electron chi connectivity index (χ0n) is 12.2. The Bertz CT molecular complexity index is 726. The first-order chi connectivity index (χ1) is 11.1. The predicted molar refractivity (Wildman–Crippen MR) is 87.9 cm³/mol. The Morgan fingerprint density at radius 3 is 2.65 bits per heavy atom. The topological polar surface area (TPSA) is 88.2 Å². The normalized spacial score (nSPS) is 9.91. The van der Waals surface area contributed by atoms with E-state index in [-0.39, 0.29) is 10.7 Å². The van der Waals surface area contributed by atoms with Crippen molar-refractivity contribution in [1.29, 1.82) is 5.26 Å². The summed E-state index contributed by atoms with van der Waals surface area (Å²) in [7, 11) is 0. The van der Waals surface area contributed by atoms with Gasteiger partial charge in [-0.25, -0.2) is 0 Å². The van der Waals surface area contributed by atoms with Crippen LogP contribution in [0.15, 0.2) is 42.5 Å². The molecular weight excluding hydrogens is 318 g/mol. The number of halogens is 1. The van der Waals surface area contributed by atoms with Crippen molar-refractivity contribution in [2.45, 2.75) is 6.42 Å². The molecule has 0 aliphatic heterocycles. The fourth-order valence-electron chi connectivity index (χ4n) is 1.88. The highest BCUT2D eigenvalue weighted by Crippen LogP contribution is 2.27. The van der Waals surface area contributed by atoms with Crippen molar-refractivity contribution < 1.29 is 9.66 Å². The van der Waals surface area contributed by atoms with Gasteiger partial charge in [0.05, 0.1) is 23.2 Å². The molecule has 6 nitrogen and oxygen atoms in total. The summed E-state index contributed by atoms with van der Waals surface area (Å²) in [5, 5.41) is 22.7. The zero-order chi connectivity index (χ0) is 16.7. The lowest BCUT2D eigenvalue weighted by Gasteiger charge is -2.08. The smallest absolute Gasteiger partial charge is 0.289 e. The van der Waals surface area contributed by atoms with E-state index in [0.29, 0.717) is 30.2 Å². The van der Waals surface area contributed by atoms with Crippen LogP contribution in [-0.4, -0.2) is 18.1 Å². The highest BCUT2D eigenvalue weighted by Gasteiger charge is 2.12. The number of hydrogen-bond acceptors (Lipinski definition) is 5. The molecule has 0 heterocycles. The molecule has 0 saturated carbocycles. The molecule has 0 unspecified atom stereocenters. The number of hydrogen-bond donors (Lipinski definition) is 1. The van der Waals surface area contributed by atoms with Crippen molar-refractivity contribution >= 4 is 23.0 Å². The van der Waals surface area contributed by atoms with Gasteiger partial charge in [0, 0.05) is 18.3 Å². The molecule has 2 rings (SSSR count). The molecule has 0 atom stereocenters. The van der Waals surface area contributed by atoms with Crippen LogP contribution in [0, 0.1) is 21.4 Å². The summed E-state index contributed by atoms with van der Waals surface area (Å²) in [6.07, 6.45) is 0.719. The molecule has 1 N–H and O–H groups in total. The molecule has 0 aromatic heterocycles. The van der Waals surface area contributed by atoms with Gasteiger partial charge >= 0.3 is 0 Å². The molecule has 0 aliphatic rings. The Kier molecular flexibility index (Phi) is 5.78. The minimum atomic E-state index is -0.512. The fraction of sp³-hybridized carbons (Fsp3) is 0.188. The maximum atomic E-state index is 10.8. The average molecular weight is 332 g/mol. The largest absolute Gasteiger partial charge is 0.494 e. The Morgan fingerprint density at radius 2 is 2.00 bits per heavy atom. The van der Waals surface area contributed by atoms with Gasteiger partial charge in [-0.1, -0.05) is 11.6 Å². The summed E-state index contributed by atoms with van der Waals surface area (Å²) < 4.78 is 5.55. The van der Waals surface area contributed by atoms with E-state index < -0.39 is 4.92 Å². The molecule has 118 valence electrons. The Balaban J connectivity index is 1.76. The highest BCUT2D eigenvalue weighted by atomic mass is 35.5. The number of nitro benzene ring substituents is 1. The van der Waals surface area contributed by atoms with Crippen LogP contribution in [-0.2, 0) is 0 Å². The summed E-state index contributed by atoms with van der Waals surface area (Å²) in [5.74, 6) is 0.700. The van der Waals surface area contributed by atoms with Crippen molar-refractivity contribution in [3.8, 4) is 11.8 Å². The van der Waals surface area contributed by atoms with Gasteiger partial charge in [0.15, 0.2) is 0 Å². The zero-order valence-corrected chi connectivity index (χ0v) is 12.9. The van der Waals surface area contributed by atoms with Gasteiger partial charge in [-0.15, -0.1) is 0 Å². The lowest BCUT2D eigenvalue weighted by molar-refractivity contribution is -0.384. The van der Waals surface area contributed by atoms with Gasteiger partial charge in [0.1, 0.15) is 10.8 Å². The molecule has 2 aromatic carbocycles. The van der Waals surface area contributed by atoms with Gasteiger partial charge in [-0.2, -0.15) is 5.26 Å². The van der Waals surface area contributed by atoms with Crippen LogP contribution in [0.5, 0.6) is 5.75 Å². The predicted octanol–water partition coefficient (Wildman–Crippen LogP) is 4.00. The maximum Gasteiger partial charge on any atom is 0.289 e. The Labute approximate surface area is 138 Å². The molecule has 0 radical (unpaired) electrons. The number of ether oxygens (including phenoxy) is 1. The van der Waals surface area contributed by atoms with Gasteiger partial charge in [-0.3, -0.25) is 10.1 Å². The average Bonchev–Trinajstić information content (AvgIpc) is 2.56. The van der Waals surface area contributed by atoms with E-state index in [1.165, 1.54) is 12.1 Å². The second-order valence-electron chi connectivity index (χ2n) is 4.69. The van der Waals surface area contributed by atoms with Crippen LogP contribution >= 0.6 is 11.6 Å². The fourth-order valence-corrected chi connectivity index (χ4v) is 2.07. The second kappa shape index (κ2) is 8.01. The number of nitrogens with one attached hydrogen (secondary N) is 1. The first-order valence-corrected chi connectivity index (χ1v) is 7.29. The van der Waals surface area contributed by atoms with E-state index in [9.17, 15) is 10.1 Å². The summed E-state index contributed by atoms with van der Waals surface area (Å²) in [4.78, 5) is 10.3. The van der Waals surface area contributed by atoms with Crippen molar-refractivity contribution in [2.24, 2.45) is 0 Å². The molecule has 7 heteroatoms. The Morgan fingerprint density at radius 1 is 1.26 bits per heavy atom. The van der Waals surface area contributed by atoms with E-state index in [2.05, 4.69) is 5.32 Å². The third-order valence-corrected chi connectivity index (χ3v) is 3.36. The van der Waals surface area contributed by atoms with E-state index in [1.54, 1.807) is 30.3 Å². The number of rotatable bonds is 7. The second-order valence-corrected chi connectivity index (χ2v) is 5.10. The van der Waals surface area contributed by atoms with Crippen LogP contribution < -0.4 is 10.1 Å². The third kappa shape index (κ3) is 4.87. The molecule has 0 saturated heterocycles. The first kappa shape index (κ1) is 16.6. The lowest BCUT2D eigenvalue weighted by Crippen LogP contribution is -2.07. The SMILES string of the molecule is N#Cc1ccc(OCCCNc2ccc(Cl)c([N+](=O)[O-])c2)cc1. The Hall–Kier alpha value is -2.78. The van der Waals surface area contributed by atoms with E-state index in [0.717, 1.165) is 6.42 Å². The molecule has 0 fully saturated rings. The molecule has 0 aliphatic carbocycles. The van der Waals surface area contributed by atoms with Gasteiger partial charge in [0.2, 0.25) is 0 Å². The number of anilines is 1. The summed E-state index contributed by atoms with van der Waals surface area (Å²) in [5.41, 5.74) is 1.10. The van der Waals surface area contributed by atoms with E-state index in [4.69, 9.17) is 21.6 Å². The molecule has 0 bridgehead atoms. The third-order valence-electron chi connectivity index (χ3n) is 3.05.